The van der Waals surface area contributed by atoms with E-state index in [0.717, 1.165) is 5.75 Å². The first-order chi connectivity index (χ1) is 11.7. The number of ether oxygens (including phenoxy) is 2. The van der Waals surface area contributed by atoms with Crippen LogP contribution in [0.2, 0.25) is 0 Å². The number of hydrogen-bond donors (Lipinski definition) is 0. The van der Waals surface area contributed by atoms with E-state index in [1.54, 1.807) is 24.3 Å². The number of hydrogen-bond acceptors (Lipinski definition) is 6. The zero-order chi connectivity index (χ0) is 16.8. The molecule has 122 valence electrons. The molecule has 0 aliphatic heterocycles. The number of carbonyl (C=O) groups is 1. The Kier molecular flexibility index (Phi) is 4.86. The van der Waals surface area contributed by atoms with Gasteiger partial charge in [0.05, 0.1) is 5.56 Å². The van der Waals surface area contributed by atoms with Gasteiger partial charge in [0, 0.05) is 6.42 Å². The van der Waals surface area contributed by atoms with Gasteiger partial charge in [-0.25, -0.2) is 4.79 Å². The SMILES string of the molecule is CCc1nnc(COC(=O)c2ccc(Oc3ccccc3)cc2)o1. The standard InChI is InChI=1S/C18H16N2O4/c1-2-16-19-20-17(24-16)12-22-18(21)13-8-10-15(11-9-13)23-14-6-4-3-5-7-14/h3-11H,2,12H2,1H3. The average molecular weight is 324 g/mol. The van der Waals surface area contributed by atoms with E-state index in [2.05, 4.69) is 10.2 Å². The maximum atomic E-state index is 12.0. The van der Waals surface area contributed by atoms with Crippen LogP contribution in [0.5, 0.6) is 11.5 Å². The number of nitrogens with zero attached hydrogens (tertiary/aromatic N) is 2. The molecule has 0 aliphatic carbocycles. The minimum Gasteiger partial charge on any atom is -0.457 e. The van der Waals surface area contributed by atoms with Gasteiger partial charge in [-0.1, -0.05) is 25.1 Å². The fourth-order valence-corrected chi connectivity index (χ4v) is 1.98. The second-order valence-corrected chi connectivity index (χ2v) is 4.96. The van der Waals surface area contributed by atoms with E-state index in [1.807, 2.05) is 37.3 Å². The van der Waals surface area contributed by atoms with Crippen LogP contribution < -0.4 is 4.74 Å². The summed E-state index contributed by atoms with van der Waals surface area (Å²) in [5.74, 6) is 1.71. The Balaban J connectivity index is 1.57. The van der Waals surface area contributed by atoms with E-state index in [-0.39, 0.29) is 12.5 Å². The average Bonchev–Trinajstić information content (AvgIpc) is 3.09. The second-order valence-electron chi connectivity index (χ2n) is 4.96. The Labute approximate surface area is 139 Å². The molecular formula is C18H16N2O4. The lowest BCUT2D eigenvalue weighted by molar-refractivity contribution is 0.0436. The first kappa shape index (κ1) is 15.7. The van der Waals surface area contributed by atoms with Gasteiger partial charge in [0.25, 0.3) is 5.89 Å². The molecule has 0 fully saturated rings. The first-order valence-electron chi connectivity index (χ1n) is 7.56. The van der Waals surface area contributed by atoms with Crippen molar-refractivity contribution in [2.45, 2.75) is 20.0 Å². The molecule has 0 unspecified atom stereocenters. The number of aromatic nitrogens is 2. The van der Waals surface area contributed by atoms with E-state index in [1.165, 1.54) is 0 Å². The fraction of sp³-hybridized carbons (Fsp3) is 0.167. The summed E-state index contributed by atoms with van der Waals surface area (Å²) < 4.78 is 16.1. The summed E-state index contributed by atoms with van der Waals surface area (Å²) in [6.45, 7) is 1.86. The molecule has 0 radical (unpaired) electrons. The minimum absolute atomic E-state index is 0.0475. The molecule has 3 rings (SSSR count). The highest BCUT2D eigenvalue weighted by molar-refractivity contribution is 5.89. The predicted molar refractivity (Wildman–Crippen MR) is 85.8 cm³/mol. The van der Waals surface area contributed by atoms with Gasteiger partial charge in [0.15, 0.2) is 6.61 Å². The summed E-state index contributed by atoms with van der Waals surface area (Å²) in [5, 5.41) is 7.61. The van der Waals surface area contributed by atoms with Crippen LogP contribution in [-0.4, -0.2) is 16.2 Å². The molecule has 6 heteroatoms. The second kappa shape index (κ2) is 7.41. The van der Waals surface area contributed by atoms with E-state index in [0.29, 0.717) is 23.6 Å². The Morgan fingerprint density at radius 3 is 2.29 bits per heavy atom. The summed E-state index contributed by atoms with van der Waals surface area (Å²) in [4.78, 5) is 12.0. The van der Waals surface area contributed by atoms with Crippen LogP contribution in [0.4, 0.5) is 0 Å². The van der Waals surface area contributed by atoms with Crippen molar-refractivity contribution in [1.29, 1.82) is 0 Å². The van der Waals surface area contributed by atoms with Gasteiger partial charge in [0.2, 0.25) is 5.89 Å². The Hall–Kier alpha value is -3.15. The molecule has 1 aromatic heterocycles. The van der Waals surface area contributed by atoms with Gasteiger partial charge < -0.3 is 13.9 Å². The number of aryl methyl sites for hydroxylation is 1. The van der Waals surface area contributed by atoms with Crippen molar-refractivity contribution in [3.63, 3.8) is 0 Å². The summed E-state index contributed by atoms with van der Waals surface area (Å²) in [6.07, 6.45) is 0.643. The Morgan fingerprint density at radius 2 is 1.62 bits per heavy atom. The maximum Gasteiger partial charge on any atom is 0.338 e. The maximum absolute atomic E-state index is 12.0. The highest BCUT2D eigenvalue weighted by Crippen LogP contribution is 2.21. The third-order valence-electron chi connectivity index (χ3n) is 3.21. The van der Waals surface area contributed by atoms with Crippen molar-refractivity contribution < 1.29 is 18.7 Å². The molecule has 24 heavy (non-hydrogen) atoms. The monoisotopic (exact) mass is 324 g/mol. The largest absolute Gasteiger partial charge is 0.457 e. The minimum atomic E-state index is -0.461. The number of para-hydroxylation sites is 1. The molecule has 0 aliphatic rings. The van der Waals surface area contributed by atoms with E-state index < -0.39 is 5.97 Å². The molecule has 0 amide bonds. The molecule has 2 aromatic carbocycles. The van der Waals surface area contributed by atoms with Gasteiger partial charge >= 0.3 is 5.97 Å². The zero-order valence-electron chi connectivity index (χ0n) is 13.1. The zero-order valence-corrected chi connectivity index (χ0v) is 13.1. The third kappa shape index (κ3) is 3.98. The molecule has 0 N–H and O–H groups in total. The molecule has 6 nitrogen and oxygen atoms in total. The van der Waals surface area contributed by atoms with Crippen LogP contribution in [0, 0.1) is 0 Å². The molecule has 0 saturated carbocycles. The summed E-state index contributed by atoms with van der Waals surface area (Å²) in [7, 11) is 0. The van der Waals surface area contributed by atoms with Crippen molar-refractivity contribution in [2.24, 2.45) is 0 Å². The Morgan fingerprint density at radius 1 is 0.958 bits per heavy atom. The number of esters is 1. The van der Waals surface area contributed by atoms with Crippen molar-refractivity contribution in [1.82, 2.24) is 10.2 Å². The van der Waals surface area contributed by atoms with Crippen LogP contribution in [-0.2, 0) is 17.8 Å². The van der Waals surface area contributed by atoms with Crippen molar-refractivity contribution >= 4 is 5.97 Å². The number of carbonyl (C=O) groups excluding carboxylic acids is 1. The van der Waals surface area contributed by atoms with E-state index in [4.69, 9.17) is 13.9 Å². The summed E-state index contributed by atoms with van der Waals surface area (Å²) in [6, 6.07) is 16.1. The topological polar surface area (TPSA) is 74.5 Å². The van der Waals surface area contributed by atoms with E-state index in [9.17, 15) is 4.79 Å². The van der Waals surface area contributed by atoms with Gasteiger partial charge in [-0.3, -0.25) is 0 Å². The lowest BCUT2D eigenvalue weighted by atomic mass is 10.2. The van der Waals surface area contributed by atoms with Crippen molar-refractivity contribution in [3.05, 3.63) is 71.9 Å². The fourth-order valence-electron chi connectivity index (χ4n) is 1.98. The lowest BCUT2D eigenvalue weighted by Gasteiger charge is -2.06. The molecule has 0 spiro atoms. The summed E-state index contributed by atoms with van der Waals surface area (Å²) in [5.41, 5.74) is 0.422. The van der Waals surface area contributed by atoms with Crippen LogP contribution in [0.3, 0.4) is 0 Å². The lowest BCUT2D eigenvalue weighted by Crippen LogP contribution is -2.05. The third-order valence-corrected chi connectivity index (χ3v) is 3.21. The number of rotatable bonds is 6. The van der Waals surface area contributed by atoms with Crippen LogP contribution in [0.1, 0.15) is 29.1 Å². The highest BCUT2D eigenvalue weighted by Gasteiger charge is 2.11. The van der Waals surface area contributed by atoms with Gasteiger partial charge in [0.1, 0.15) is 11.5 Å². The molecule has 1 heterocycles. The quantitative estimate of drug-likeness (QED) is 0.642. The molecule has 0 bridgehead atoms. The first-order valence-corrected chi connectivity index (χ1v) is 7.56. The van der Waals surface area contributed by atoms with Crippen molar-refractivity contribution in [3.8, 4) is 11.5 Å². The van der Waals surface area contributed by atoms with Crippen molar-refractivity contribution in [2.75, 3.05) is 0 Å². The Bertz CT molecular complexity index is 797. The normalized spacial score (nSPS) is 10.4. The van der Waals surface area contributed by atoms with Crippen LogP contribution >= 0.6 is 0 Å². The summed E-state index contributed by atoms with van der Waals surface area (Å²) >= 11 is 0. The van der Waals surface area contributed by atoms with Crippen LogP contribution in [0.25, 0.3) is 0 Å². The number of benzene rings is 2. The van der Waals surface area contributed by atoms with E-state index >= 15 is 0 Å². The van der Waals surface area contributed by atoms with Crippen LogP contribution in [0.15, 0.2) is 59.0 Å². The molecule has 0 saturated heterocycles. The van der Waals surface area contributed by atoms with Gasteiger partial charge in [-0.05, 0) is 36.4 Å². The van der Waals surface area contributed by atoms with Gasteiger partial charge in [-0.15, -0.1) is 10.2 Å². The molecule has 3 aromatic rings. The smallest absolute Gasteiger partial charge is 0.338 e. The molecular weight excluding hydrogens is 308 g/mol. The predicted octanol–water partition coefficient (Wildman–Crippen LogP) is 3.78. The highest BCUT2D eigenvalue weighted by atomic mass is 16.5. The molecule has 0 atom stereocenters. The van der Waals surface area contributed by atoms with Gasteiger partial charge in [-0.2, -0.15) is 0 Å².